The highest BCUT2D eigenvalue weighted by molar-refractivity contribution is 5.69. The zero-order valence-electron chi connectivity index (χ0n) is 32.7. The van der Waals surface area contributed by atoms with Crippen molar-refractivity contribution in [2.45, 2.75) is 226 Å². The molecule has 0 radical (unpaired) electrons. The highest BCUT2D eigenvalue weighted by Gasteiger charge is 2.14. The lowest BCUT2D eigenvalue weighted by Gasteiger charge is -2.21. The van der Waals surface area contributed by atoms with E-state index in [1.54, 1.807) is 0 Å². The first-order valence-electron chi connectivity index (χ1n) is 21.3. The monoisotopic (exact) mass is 681 g/mol. The molecule has 0 aromatic carbocycles. The fourth-order valence-electron chi connectivity index (χ4n) is 6.56. The quantitative estimate of drug-likeness (QED) is 0.0514. The second kappa shape index (κ2) is 38.7. The molecular weight excluding hydrogens is 596 g/mol. The van der Waals surface area contributed by atoms with Crippen molar-refractivity contribution in [2.24, 2.45) is 5.73 Å². The van der Waals surface area contributed by atoms with Crippen LogP contribution in [0.2, 0.25) is 0 Å². The zero-order valence-corrected chi connectivity index (χ0v) is 32.7. The SMILES string of the molecule is CCCCCCCCCOC(=O)CCCCCCCN(CCN)CCCCCC(=O)OC(CCCCCCCC)CCCCCCCC. The molecule has 0 fully saturated rings. The van der Waals surface area contributed by atoms with E-state index in [9.17, 15) is 9.59 Å². The van der Waals surface area contributed by atoms with Gasteiger partial charge in [-0.05, 0) is 70.9 Å². The van der Waals surface area contributed by atoms with E-state index in [4.69, 9.17) is 15.2 Å². The van der Waals surface area contributed by atoms with Gasteiger partial charge < -0.3 is 20.1 Å². The van der Waals surface area contributed by atoms with E-state index in [0.29, 0.717) is 26.0 Å². The Bertz CT molecular complexity index is 658. The molecule has 0 atom stereocenters. The van der Waals surface area contributed by atoms with Crippen molar-refractivity contribution >= 4 is 11.9 Å². The molecule has 0 aliphatic carbocycles. The number of ether oxygens (including phenoxy) is 2. The molecule has 48 heavy (non-hydrogen) atoms. The van der Waals surface area contributed by atoms with Gasteiger partial charge in [-0.2, -0.15) is 0 Å². The summed E-state index contributed by atoms with van der Waals surface area (Å²) in [5.41, 5.74) is 5.90. The molecule has 0 amide bonds. The van der Waals surface area contributed by atoms with Crippen LogP contribution >= 0.6 is 0 Å². The number of carbonyl (C=O) groups is 2. The van der Waals surface area contributed by atoms with Gasteiger partial charge in [0, 0.05) is 25.9 Å². The fraction of sp³-hybridized carbons (Fsp3) is 0.952. The third kappa shape index (κ3) is 34.7. The van der Waals surface area contributed by atoms with Crippen LogP contribution in [0.4, 0.5) is 0 Å². The number of carbonyl (C=O) groups excluding carboxylic acids is 2. The molecule has 0 aromatic rings. The molecule has 0 aromatic heterocycles. The minimum absolute atomic E-state index is 0.0113. The topological polar surface area (TPSA) is 81.9 Å². The molecule has 0 rings (SSSR count). The van der Waals surface area contributed by atoms with Crippen molar-refractivity contribution in [3.05, 3.63) is 0 Å². The number of rotatable bonds is 39. The zero-order chi connectivity index (χ0) is 35.2. The Kier molecular flexibility index (Phi) is 37.7. The first kappa shape index (κ1) is 46.9. The normalized spacial score (nSPS) is 11.5. The van der Waals surface area contributed by atoms with Crippen LogP contribution in [-0.4, -0.2) is 55.7 Å². The highest BCUT2D eigenvalue weighted by atomic mass is 16.5. The van der Waals surface area contributed by atoms with E-state index < -0.39 is 0 Å². The van der Waals surface area contributed by atoms with Crippen LogP contribution in [-0.2, 0) is 19.1 Å². The van der Waals surface area contributed by atoms with Gasteiger partial charge in [0.25, 0.3) is 0 Å². The summed E-state index contributed by atoms with van der Waals surface area (Å²) in [6.07, 6.45) is 36.0. The van der Waals surface area contributed by atoms with Gasteiger partial charge in [-0.1, -0.05) is 149 Å². The first-order chi connectivity index (χ1) is 23.6. The first-order valence-corrected chi connectivity index (χ1v) is 21.3. The van der Waals surface area contributed by atoms with Crippen LogP contribution in [0.3, 0.4) is 0 Å². The summed E-state index contributed by atoms with van der Waals surface area (Å²) >= 11 is 0. The van der Waals surface area contributed by atoms with Crippen molar-refractivity contribution in [3.8, 4) is 0 Å². The van der Waals surface area contributed by atoms with E-state index in [1.165, 1.54) is 135 Å². The largest absolute Gasteiger partial charge is 0.466 e. The molecule has 0 heterocycles. The van der Waals surface area contributed by atoms with E-state index in [2.05, 4.69) is 25.7 Å². The van der Waals surface area contributed by atoms with Gasteiger partial charge >= 0.3 is 11.9 Å². The third-order valence-corrected chi connectivity index (χ3v) is 9.72. The predicted molar refractivity (Wildman–Crippen MR) is 206 cm³/mol. The van der Waals surface area contributed by atoms with E-state index in [0.717, 1.165) is 71.0 Å². The van der Waals surface area contributed by atoms with Crippen molar-refractivity contribution in [1.82, 2.24) is 4.90 Å². The minimum atomic E-state index is -0.0236. The highest BCUT2D eigenvalue weighted by Crippen LogP contribution is 2.18. The number of hydrogen-bond acceptors (Lipinski definition) is 6. The van der Waals surface area contributed by atoms with Crippen LogP contribution < -0.4 is 5.73 Å². The molecule has 6 heteroatoms. The summed E-state index contributed by atoms with van der Waals surface area (Å²) in [6.45, 7) is 11.1. The Morgan fingerprint density at radius 2 is 0.875 bits per heavy atom. The minimum Gasteiger partial charge on any atom is -0.466 e. The van der Waals surface area contributed by atoms with Crippen molar-refractivity contribution in [3.63, 3.8) is 0 Å². The smallest absolute Gasteiger partial charge is 0.306 e. The van der Waals surface area contributed by atoms with Gasteiger partial charge in [0.05, 0.1) is 6.61 Å². The second-order valence-electron chi connectivity index (χ2n) is 14.5. The number of unbranched alkanes of at least 4 members (excludes halogenated alkanes) is 22. The van der Waals surface area contributed by atoms with E-state index >= 15 is 0 Å². The van der Waals surface area contributed by atoms with Gasteiger partial charge in [-0.3, -0.25) is 9.59 Å². The molecule has 0 saturated heterocycles. The van der Waals surface area contributed by atoms with Crippen LogP contribution in [0.15, 0.2) is 0 Å². The lowest BCUT2D eigenvalue weighted by Crippen LogP contribution is -2.31. The van der Waals surface area contributed by atoms with Crippen molar-refractivity contribution < 1.29 is 19.1 Å². The summed E-state index contributed by atoms with van der Waals surface area (Å²) in [5, 5.41) is 0. The van der Waals surface area contributed by atoms with Crippen LogP contribution in [0.1, 0.15) is 220 Å². The van der Waals surface area contributed by atoms with Gasteiger partial charge in [-0.15, -0.1) is 0 Å². The van der Waals surface area contributed by atoms with Crippen LogP contribution in [0.25, 0.3) is 0 Å². The molecule has 0 bridgehead atoms. The Hall–Kier alpha value is -1.14. The molecule has 0 aliphatic heterocycles. The van der Waals surface area contributed by atoms with Crippen molar-refractivity contribution in [2.75, 3.05) is 32.8 Å². The summed E-state index contributed by atoms with van der Waals surface area (Å²) < 4.78 is 11.4. The predicted octanol–water partition coefficient (Wildman–Crippen LogP) is 11.9. The van der Waals surface area contributed by atoms with Crippen LogP contribution in [0.5, 0.6) is 0 Å². The average molecular weight is 681 g/mol. The average Bonchev–Trinajstić information content (AvgIpc) is 3.08. The number of esters is 2. The van der Waals surface area contributed by atoms with E-state index in [-0.39, 0.29) is 18.0 Å². The van der Waals surface area contributed by atoms with Crippen LogP contribution in [0, 0.1) is 0 Å². The van der Waals surface area contributed by atoms with Gasteiger partial charge in [0.1, 0.15) is 6.10 Å². The van der Waals surface area contributed by atoms with Gasteiger partial charge in [0.15, 0.2) is 0 Å². The standard InChI is InChI=1S/C42H84N2O4/c1-4-7-10-13-16-22-30-39-47-41(45)33-26-20-17-21-28-36-44(38-35-43)37-29-23-27-34-42(46)48-40(31-24-18-14-11-8-5-2)32-25-19-15-12-9-6-3/h40H,4-39,43H2,1-3H3. The van der Waals surface area contributed by atoms with Crippen molar-refractivity contribution in [1.29, 1.82) is 0 Å². The number of nitrogens with zero attached hydrogens (tertiary/aromatic N) is 1. The molecule has 0 aliphatic rings. The summed E-state index contributed by atoms with van der Waals surface area (Å²) in [4.78, 5) is 27.2. The molecule has 0 unspecified atom stereocenters. The molecule has 286 valence electrons. The Morgan fingerprint density at radius 3 is 1.38 bits per heavy atom. The molecule has 2 N–H and O–H groups in total. The molecule has 6 nitrogen and oxygen atoms in total. The Morgan fingerprint density at radius 1 is 0.479 bits per heavy atom. The van der Waals surface area contributed by atoms with Gasteiger partial charge in [0.2, 0.25) is 0 Å². The molecule has 0 saturated carbocycles. The molecular formula is C42H84N2O4. The number of nitrogens with two attached hydrogens (primary N) is 1. The summed E-state index contributed by atoms with van der Waals surface area (Å²) in [7, 11) is 0. The maximum atomic E-state index is 12.7. The second-order valence-corrected chi connectivity index (χ2v) is 14.5. The maximum Gasteiger partial charge on any atom is 0.306 e. The molecule has 0 spiro atoms. The van der Waals surface area contributed by atoms with Gasteiger partial charge in [-0.25, -0.2) is 0 Å². The van der Waals surface area contributed by atoms with E-state index in [1.807, 2.05) is 0 Å². The number of hydrogen-bond donors (Lipinski definition) is 1. The third-order valence-electron chi connectivity index (χ3n) is 9.72. The lowest BCUT2D eigenvalue weighted by molar-refractivity contribution is -0.150. The maximum absolute atomic E-state index is 12.7. The lowest BCUT2D eigenvalue weighted by atomic mass is 10.0. The Labute approximate surface area is 299 Å². The Balaban J connectivity index is 4.01. The fourth-order valence-corrected chi connectivity index (χ4v) is 6.56. The summed E-state index contributed by atoms with van der Waals surface area (Å²) in [5.74, 6) is -0.0123. The summed E-state index contributed by atoms with van der Waals surface area (Å²) in [6, 6.07) is 0.